The average molecular weight is 231 g/mol. The number of nitrogens with zero attached hydrogens (tertiary/aromatic N) is 1. The zero-order valence-electron chi connectivity index (χ0n) is 11.5. The second kappa shape index (κ2) is 6.80. The first-order valence-corrected chi connectivity index (χ1v) is 5.92. The van der Waals surface area contributed by atoms with Crippen molar-refractivity contribution in [2.45, 2.75) is 13.0 Å². The Labute approximate surface area is 122 Å². The van der Waals surface area contributed by atoms with Crippen molar-refractivity contribution < 1.29 is 18.9 Å². The summed E-state index contributed by atoms with van der Waals surface area (Å²) in [5.74, 6) is 0. The summed E-state index contributed by atoms with van der Waals surface area (Å²) in [6.45, 7) is 6.68. The van der Waals surface area contributed by atoms with E-state index in [1.165, 1.54) is 16.3 Å². The minimum atomic E-state index is 0. The maximum atomic E-state index is 3.67. The minimum Gasteiger partial charge on any atom is -0.489 e. The van der Waals surface area contributed by atoms with E-state index in [0.29, 0.717) is 6.04 Å². The second-order valence-corrected chi connectivity index (χ2v) is 4.41. The van der Waals surface area contributed by atoms with E-state index in [4.69, 9.17) is 0 Å². The van der Waals surface area contributed by atoms with Gasteiger partial charge in [-0.1, -0.05) is 42.5 Å². The molecular weight excluding hydrogens is 213 g/mol. The van der Waals surface area contributed by atoms with E-state index in [1.807, 2.05) is 0 Å². The van der Waals surface area contributed by atoms with E-state index in [1.54, 1.807) is 0 Å². The molecule has 0 amide bonds. The SMILES string of the molecule is C=[C-]CN(C)[C@H](C)c1cccc2ccccc12.[Li+]. The summed E-state index contributed by atoms with van der Waals surface area (Å²) in [4.78, 5) is 2.24. The van der Waals surface area contributed by atoms with Crippen LogP contribution in [0.3, 0.4) is 0 Å². The fourth-order valence-electron chi connectivity index (χ4n) is 2.17. The van der Waals surface area contributed by atoms with E-state index >= 15 is 0 Å². The molecule has 0 saturated heterocycles. The predicted octanol–water partition coefficient (Wildman–Crippen LogP) is 0.826. The predicted molar refractivity (Wildman–Crippen MR) is 73.9 cm³/mol. The summed E-state index contributed by atoms with van der Waals surface area (Å²) < 4.78 is 0. The molecule has 0 spiro atoms. The molecule has 1 nitrogen and oxygen atoms in total. The third-order valence-corrected chi connectivity index (χ3v) is 3.30. The van der Waals surface area contributed by atoms with E-state index in [9.17, 15) is 0 Å². The summed E-state index contributed by atoms with van der Waals surface area (Å²) >= 11 is 0. The molecule has 0 radical (unpaired) electrons. The maximum absolute atomic E-state index is 3.67. The third kappa shape index (κ3) is 3.06. The number of fused-ring (bicyclic) bond motifs is 1. The molecule has 0 saturated carbocycles. The monoisotopic (exact) mass is 231 g/mol. The number of benzene rings is 2. The van der Waals surface area contributed by atoms with E-state index in [0.717, 1.165) is 6.54 Å². The van der Waals surface area contributed by atoms with Crippen LogP contribution in [0.2, 0.25) is 0 Å². The topological polar surface area (TPSA) is 3.24 Å². The van der Waals surface area contributed by atoms with Crippen LogP contribution in [0.4, 0.5) is 0 Å². The van der Waals surface area contributed by atoms with Crippen LogP contribution in [0.25, 0.3) is 10.8 Å². The molecule has 0 fully saturated rings. The Morgan fingerprint density at radius 2 is 1.83 bits per heavy atom. The molecule has 2 rings (SSSR count). The molecule has 0 unspecified atom stereocenters. The second-order valence-electron chi connectivity index (χ2n) is 4.41. The van der Waals surface area contributed by atoms with Gasteiger partial charge in [0.1, 0.15) is 0 Å². The van der Waals surface area contributed by atoms with Crippen molar-refractivity contribution in [2.24, 2.45) is 0 Å². The van der Waals surface area contributed by atoms with Crippen molar-refractivity contribution in [3.63, 3.8) is 0 Å². The quantitative estimate of drug-likeness (QED) is 0.556. The molecule has 0 aliphatic carbocycles. The standard InChI is InChI=1S/C16H18N.Li/c1-4-12-17(3)13(2)15-11-7-9-14-8-5-6-10-16(14)15;/h5-11,13H,1,12H2,2-3H3;/q-1;+1/t13-;/m1./s1. The molecule has 0 heterocycles. The Kier molecular flexibility index (Phi) is 5.69. The van der Waals surface area contributed by atoms with Gasteiger partial charge < -0.3 is 11.0 Å². The van der Waals surface area contributed by atoms with Gasteiger partial charge in [0.2, 0.25) is 0 Å². The number of likely N-dealkylation sites (N-methyl/N-ethyl adjacent to an activating group) is 1. The number of hydrogen-bond acceptors (Lipinski definition) is 1. The molecule has 0 aliphatic rings. The Morgan fingerprint density at radius 1 is 1.17 bits per heavy atom. The van der Waals surface area contributed by atoms with Gasteiger partial charge in [-0.2, -0.15) is 0 Å². The summed E-state index contributed by atoms with van der Waals surface area (Å²) in [5, 5.41) is 2.63. The fraction of sp³-hybridized carbons (Fsp3) is 0.250. The van der Waals surface area contributed by atoms with Gasteiger partial charge in [0.25, 0.3) is 0 Å². The van der Waals surface area contributed by atoms with E-state index in [2.05, 4.69) is 74.0 Å². The largest absolute Gasteiger partial charge is 1.00 e. The summed E-state index contributed by atoms with van der Waals surface area (Å²) in [7, 11) is 2.10. The molecule has 1 atom stereocenters. The van der Waals surface area contributed by atoms with Crippen molar-refractivity contribution >= 4 is 10.8 Å². The molecule has 2 heteroatoms. The summed E-state index contributed by atoms with van der Waals surface area (Å²) in [6.07, 6.45) is 2.94. The Hall–Kier alpha value is -1.00. The maximum Gasteiger partial charge on any atom is 1.00 e. The van der Waals surface area contributed by atoms with Crippen LogP contribution in [-0.2, 0) is 0 Å². The van der Waals surface area contributed by atoms with Crippen LogP contribution in [0.15, 0.2) is 49.0 Å². The van der Waals surface area contributed by atoms with Crippen LogP contribution >= 0.6 is 0 Å². The first-order chi connectivity index (χ1) is 8.24. The number of hydrogen-bond donors (Lipinski definition) is 0. The summed E-state index contributed by atoms with van der Waals surface area (Å²) in [5.41, 5.74) is 1.36. The minimum absolute atomic E-state index is 0. The van der Waals surface area contributed by atoms with Gasteiger partial charge in [-0.15, -0.1) is 6.54 Å². The van der Waals surface area contributed by atoms with Crippen LogP contribution in [0, 0.1) is 6.08 Å². The van der Waals surface area contributed by atoms with Crippen molar-refractivity contribution in [3.8, 4) is 0 Å². The normalized spacial score (nSPS) is 12.2. The summed E-state index contributed by atoms with van der Waals surface area (Å²) in [6, 6.07) is 15.4. The first-order valence-electron chi connectivity index (χ1n) is 5.92. The van der Waals surface area contributed by atoms with Crippen molar-refractivity contribution in [2.75, 3.05) is 13.6 Å². The molecule has 0 N–H and O–H groups in total. The average Bonchev–Trinajstić information content (AvgIpc) is 2.37. The van der Waals surface area contributed by atoms with Gasteiger partial charge in [-0.3, -0.25) is 6.58 Å². The van der Waals surface area contributed by atoms with Gasteiger partial charge in [-0.05, 0) is 30.3 Å². The Balaban J connectivity index is 0.00000162. The fourth-order valence-corrected chi connectivity index (χ4v) is 2.17. The Bertz CT molecular complexity index is 516. The molecule has 18 heavy (non-hydrogen) atoms. The van der Waals surface area contributed by atoms with Gasteiger partial charge in [-0.25, -0.2) is 0 Å². The number of rotatable bonds is 4. The van der Waals surface area contributed by atoms with Gasteiger partial charge >= 0.3 is 18.9 Å². The van der Waals surface area contributed by atoms with Crippen molar-refractivity contribution in [1.29, 1.82) is 0 Å². The zero-order chi connectivity index (χ0) is 12.3. The van der Waals surface area contributed by atoms with Gasteiger partial charge in [0.05, 0.1) is 0 Å². The Morgan fingerprint density at radius 3 is 2.56 bits per heavy atom. The van der Waals surface area contributed by atoms with Crippen LogP contribution < -0.4 is 18.9 Å². The van der Waals surface area contributed by atoms with E-state index < -0.39 is 0 Å². The third-order valence-electron chi connectivity index (χ3n) is 3.30. The molecule has 0 aliphatic heterocycles. The smallest absolute Gasteiger partial charge is 0.489 e. The first kappa shape index (κ1) is 15.1. The van der Waals surface area contributed by atoms with Crippen molar-refractivity contribution in [1.82, 2.24) is 4.90 Å². The van der Waals surface area contributed by atoms with Gasteiger partial charge in [0.15, 0.2) is 0 Å². The molecule has 2 aromatic rings. The molecule has 0 aromatic heterocycles. The van der Waals surface area contributed by atoms with Crippen LogP contribution in [0.5, 0.6) is 0 Å². The molecular formula is C16H18LiN. The van der Waals surface area contributed by atoms with E-state index in [-0.39, 0.29) is 18.9 Å². The van der Waals surface area contributed by atoms with Crippen LogP contribution in [0.1, 0.15) is 18.5 Å². The van der Waals surface area contributed by atoms with Crippen LogP contribution in [-0.4, -0.2) is 18.5 Å². The van der Waals surface area contributed by atoms with Gasteiger partial charge in [0, 0.05) is 6.04 Å². The molecule has 88 valence electrons. The zero-order valence-corrected chi connectivity index (χ0v) is 11.5. The van der Waals surface area contributed by atoms with Crippen molar-refractivity contribution in [3.05, 3.63) is 60.7 Å². The molecule has 2 aromatic carbocycles. The molecule has 0 bridgehead atoms.